The van der Waals surface area contributed by atoms with E-state index >= 15 is 0 Å². The number of aromatic nitrogens is 1. The summed E-state index contributed by atoms with van der Waals surface area (Å²) < 4.78 is 5.48. The molecule has 1 aromatic carbocycles. The van der Waals surface area contributed by atoms with E-state index in [0.29, 0.717) is 6.04 Å². The van der Waals surface area contributed by atoms with E-state index in [2.05, 4.69) is 45.7 Å². The summed E-state index contributed by atoms with van der Waals surface area (Å²) in [6, 6.07) is 11.5. The molecule has 2 aliphatic rings. The summed E-state index contributed by atoms with van der Waals surface area (Å²) in [5.41, 5.74) is 3.95. The predicted octanol–water partition coefficient (Wildman–Crippen LogP) is 2.48. The summed E-state index contributed by atoms with van der Waals surface area (Å²) in [5.74, 6) is 0.974. The first-order valence-electron chi connectivity index (χ1n) is 7.84. The molecule has 0 saturated heterocycles. The molecule has 4 nitrogen and oxygen atoms in total. The van der Waals surface area contributed by atoms with E-state index in [4.69, 9.17) is 4.52 Å². The maximum atomic E-state index is 5.48. The average molecular weight is 283 g/mol. The Bertz CT molecular complexity index is 618. The first-order chi connectivity index (χ1) is 10.4. The second kappa shape index (κ2) is 5.62. The van der Waals surface area contributed by atoms with Crippen LogP contribution in [0.5, 0.6) is 0 Å². The second-order valence-electron chi connectivity index (χ2n) is 6.17. The van der Waals surface area contributed by atoms with Crippen molar-refractivity contribution in [1.29, 1.82) is 0 Å². The molecule has 0 radical (unpaired) electrons. The molecule has 1 aliphatic heterocycles. The molecule has 0 unspecified atom stereocenters. The summed E-state index contributed by atoms with van der Waals surface area (Å²) in [5, 5.41) is 7.63. The van der Waals surface area contributed by atoms with E-state index < -0.39 is 0 Å². The van der Waals surface area contributed by atoms with Crippen LogP contribution in [0, 0.1) is 0 Å². The van der Waals surface area contributed by atoms with Gasteiger partial charge in [0.15, 0.2) is 5.76 Å². The quantitative estimate of drug-likeness (QED) is 0.915. The molecule has 110 valence electrons. The van der Waals surface area contributed by atoms with Crippen LogP contribution in [0.25, 0.3) is 0 Å². The number of rotatable bonds is 5. The van der Waals surface area contributed by atoms with Gasteiger partial charge in [0.2, 0.25) is 0 Å². The van der Waals surface area contributed by atoms with Gasteiger partial charge in [-0.3, -0.25) is 4.90 Å². The molecule has 1 fully saturated rings. The summed E-state index contributed by atoms with van der Waals surface area (Å²) in [4.78, 5) is 2.43. The van der Waals surface area contributed by atoms with E-state index in [1.807, 2.05) is 0 Å². The highest BCUT2D eigenvalue weighted by Crippen LogP contribution is 2.21. The highest BCUT2D eigenvalue weighted by atomic mass is 16.5. The molecule has 1 saturated carbocycles. The Balaban J connectivity index is 1.35. The fraction of sp³-hybridized carbons (Fsp3) is 0.471. The van der Waals surface area contributed by atoms with Gasteiger partial charge in [-0.25, -0.2) is 0 Å². The van der Waals surface area contributed by atoms with Crippen molar-refractivity contribution >= 4 is 0 Å². The lowest BCUT2D eigenvalue weighted by Gasteiger charge is -2.27. The molecule has 0 bridgehead atoms. The van der Waals surface area contributed by atoms with Crippen LogP contribution in [0.3, 0.4) is 0 Å². The van der Waals surface area contributed by atoms with Gasteiger partial charge in [0.25, 0.3) is 0 Å². The topological polar surface area (TPSA) is 41.3 Å². The van der Waals surface area contributed by atoms with Crippen molar-refractivity contribution < 1.29 is 4.52 Å². The van der Waals surface area contributed by atoms with Crippen LogP contribution in [-0.4, -0.2) is 22.6 Å². The maximum Gasteiger partial charge on any atom is 0.151 e. The largest absolute Gasteiger partial charge is 0.360 e. The van der Waals surface area contributed by atoms with Crippen LogP contribution in [0.4, 0.5) is 0 Å². The third-order valence-corrected chi connectivity index (χ3v) is 4.35. The highest BCUT2D eigenvalue weighted by Gasteiger charge is 2.21. The van der Waals surface area contributed by atoms with Gasteiger partial charge in [0.1, 0.15) is 0 Å². The summed E-state index contributed by atoms with van der Waals surface area (Å²) in [6.07, 6.45) is 3.73. The Labute approximate surface area is 125 Å². The molecule has 1 aliphatic carbocycles. The van der Waals surface area contributed by atoms with Crippen molar-refractivity contribution in [2.24, 2.45) is 0 Å². The molecule has 2 aromatic rings. The van der Waals surface area contributed by atoms with Crippen molar-refractivity contribution in [3.05, 3.63) is 52.9 Å². The zero-order valence-corrected chi connectivity index (χ0v) is 12.2. The van der Waals surface area contributed by atoms with Crippen molar-refractivity contribution in [3.8, 4) is 0 Å². The molecule has 0 atom stereocenters. The average Bonchev–Trinajstić information content (AvgIpc) is 3.25. The lowest BCUT2D eigenvalue weighted by atomic mass is 10.00. The number of hydrogen-bond donors (Lipinski definition) is 1. The fourth-order valence-electron chi connectivity index (χ4n) is 2.96. The molecule has 21 heavy (non-hydrogen) atoms. The maximum absolute atomic E-state index is 5.48. The zero-order chi connectivity index (χ0) is 14.1. The van der Waals surface area contributed by atoms with Gasteiger partial charge in [0.05, 0.1) is 12.2 Å². The Morgan fingerprint density at radius 3 is 2.95 bits per heavy atom. The number of hydrogen-bond acceptors (Lipinski definition) is 4. The molecular weight excluding hydrogens is 262 g/mol. The number of nitrogens with zero attached hydrogens (tertiary/aromatic N) is 2. The molecular formula is C17H21N3O. The van der Waals surface area contributed by atoms with Crippen molar-refractivity contribution in [2.45, 2.75) is 44.9 Å². The van der Waals surface area contributed by atoms with Gasteiger partial charge in [-0.2, -0.15) is 0 Å². The minimum atomic E-state index is 0.712. The molecule has 1 N–H and O–H groups in total. The monoisotopic (exact) mass is 283 g/mol. The lowest BCUT2D eigenvalue weighted by molar-refractivity contribution is 0.214. The van der Waals surface area contributed by atoms with Crippen molar-refractivity contribution in [3.63, 3.8) is 0 Å². The highest BCUT2D eigenvalue weighted by molar-refractivity contribution is 5.29. The molecule has 4 heteroatoms. The number of fused-ring (bicyclic) bond motifs is 1. The minimum Gasteiger partial charge on any atom is -0.360 e. The Hall–Kier alpha value is -1.65. The van der Waals surface area contributed by atoms with Crippen LogP contribution in [-0.2, 0) is 26.1 Å². The summed E-state index contributed by atoms with van der Waals surface area (Å²) in [7, 11) is 0. The third-order valence-electron chi connectivity index (χ3n) is 4.35. The van der Waals surface area contributed by atoms with Crippen LogP contribution in [0.15, 0.2) is 34.9 Å². The third kappa shape index (κ3) is 3.17. The minimum absolute atomic E-state index is 0.712. The standard InChI is InChI=1S/C17H21N3O/c1-2-4-14-11-20(8-7-13(14)3-1)12-17-9-16(19-21-17)10-18-15-5-6-15/h1-4,9,15,18H,5-8,10-12H2. The summed E-state index contributed by atoms with van der Waals surface area (Å²) in [6.45, 7) is 3.78. The van der Waals surface area contributed by atoms with Gasteiger partial charge in [-0.15, -0.1) is 0 Å². The smallest absolute Gasteiger partial charge is 0.151 e. The first-order valence-corrected chi connectivity index (χ1v) is 7.84. The van der Waals surface area contributed by atoms with Gasteiger partial charge in [0, 0.05) is 31.7 Å². The van der Waals surface area contributed by atoms with Crippen molar-refractivity contribution in [2.75, 3.05) is 6.54 Å². The second-order valence-corrected chi connectivity index (χ2v) is 6.17. The fourth-order valence-corrected chi connectivity index (χ4v) is 2.96. The first kappa shape index (κ1) is 13.0. The Kier molecular flexibility index (Phi) is 3.49. The van der Waals surface area contributed by atoms with Gasteiger partial charge in [-0.1, -0.05) is 29.4 Å². The number of nitrogens with one attached hydrogen (secondary N) is 1. The van der Waals surface area contributed by atoms with E-state index in [0.717, 1.165) is 44.1 Å². The van der Waals surface area contributed by atoms with E-state index in [1.54, 1.807) is 0 Å². The number of benzene rings is 1. The van der Waals surface area contributed by atoms with Crippen molar-refractivity contribution in [1.82, 2.24) is 15.4 Å². The normalized spacial score (nSPS) is 18.7. The predicted molar refractivity (Wildman–Crippen MR) is 80.6 cm³/mol. The lowest BCUT2D eigenvalue weighted by Crippen LogP contribution is -2.29. The van der Waals surface area contributed by atoms with Gasteiger partial charge in [-0.05, 0) is 30.4 Å². The Morgan fingerprint density at radius 1 is 1.24 bits per heavy atom. The van der Waals surface area contributed by atoms with Gasteiger partial charge >= 0.3 is 0 Å². The van der Waals surface area contributed by atoms with Crippen LogP contribution in [0.1, 0.15) is 35.4 Å². The summed E-state index contributed by atoms with van der Waals surface area (Å²) >= 11 is 0. The van der Waals surface area contributed by atoms with Crippen LogP contribution < -0.4 is 5.32 Å². The molecule has 0 spiro atoms. The van der Waals surface area contributed by atoms with E-state index in [1.165, 1.54) is 24.0 Å². The van der Waals surface area contributed by atoms with E-state index in [9.17, 15) is 0 Å². The van der Waals surface area contributed by atoms with E-state index in [-0.39, 0.29) is 0 Å². The molecule has 4 rings (SSSR count). The van der Waals surface area contributed by atoms with Crippen LogP contribution in [0.2, 0.25) is 0 Å². The van der Waals surface area contributed by atoms with Crippen LogP contribution >= 0.6 is 0 Å². The molecule has 1 aromatic heterocycles. The molecule has 2 heterocycles. The molecule has 0 amide bonds. The van der Waals surface area contributed by atoms with Gasteiger partial charge < -0.3 is 9.84 Å². The SMILES string of the molecule is c1ccc2c(c1)CCN(Cc1cc(CNC3CC3)no1)C2. The zero-order valence-electron chi connectivity index (χ0n) is 12.2. The Morgan fingerprint density at radius 2 is 2.10 bits per heavy atom.